The van der Waals surface area contributed by atoms with Crippen LogP contribution in [0.15, 0.2) is 17.1 Å². The summed E-state index contributed by atoms with van der Waals surface area (Å²) in [4.78, 5) is 29.7. The monoisotopic (exact) mass is 516 g/mol. The number of halogens is 2. The number of hydrogen-bond donors (Lipinski definition) is 1. The fourth-order valence-corrected chi connectivity index (χ4v) is 3.78. The lowest BCUT2D eigenvalue weighted by Crippen LogP contribution is -2.51. The Morgan fingerprint density at radius 3 is 2.81 bits per heavy atom. The summed E-state index contributed by atoms with van der Waals surface area (Å²) in [5.41, 5.74) is 1.68. The zero-order valence-electron chi connectivity index (χ0n) is 15.0. The zero-order valence-corrected chi connectivity index (χ0v) is 18.0. The van der Waals surface area contributed by atoms with Crippen LogP contribution in [-0.2, 0) is 30.8 Å². The molecule has 1 aliphatic heterocycles. The predicted molar refractivity (Wildman–Crippen MR) is 104 cm³/mol. The molecule has 2 atom stereocenters. The quantitative estimate of drug-likeness (QED) is 0.434. The molecule has 2 rings (SSSR count). The molecule has 0 aromatic carbocycles. The molecule has 0 radical (unpaired) electrons. The van der Waals surface area contributed by atoms with Crippen molar-refractivity contribution in [2.24, 2.45) is 0 Å². The van der Waals surface area contributed by atoms with E-state index in [0.717, 1.165) is 35.9 Å². The third kappa shape index (κ3) is 5.48. The SMILES string of the molecule is C[C@@](CCn1cc(F)c(I)cc1=O)(C(=O)NOC1CCCCO1)S(C)(=O)=O. The minimum atomic E-state index is -3.86. The standard InChI is InChI=1S/C16H22FIN2O6S/c1-16(27(2,23)24,15(22)19-26-14-5-3-4-8-25-14)6-7-20-10-11(17)12(18)9-13(20)21/h9-10,14H,3-8H2,1-2H3,(H,19,22)/t14?,16-/m1/s1. The van der Waals surface area contributed by atoms with Crippen molar-refractivity contribution in [3.63, 3.8) is 0 Å². The molecule has 11 heteroatoms. The van der Waals surface area contributed by atoms with Crippen molar-refractivity contribution in [3.05, 3.63) is 32.0 Å². The van der Waals surface area contributed by atoms with Crippen molar-refractivity contribution in [3.8, 4) is 0 Å². The van der Waals surface area contributed by atoms with E-state index in [-0.39, 0.29) is 16.5 Å². The van der Waals surface area contributed by atoms with Crippen LogP contribution in [0.1, 0.15) is 32.6 Å². The lowest BCUT2D eigenvalue weighted by molar-refractivity contribution is -0.201. The van der Waals surface area contributed by atoms with Gasteiger partial charge in [-0.3, -0.25) is 9.59 Å². The molecule has 1 aliphatic rings. The molecule has 0 spiro atoms. The second kappa shape index (κ2) is 8.97. The Labute approximate surface area is 170 Å². The number of aryl methyl sites for hydroxylation is 1. The molecule has 8 nitrogen and oxygen atoms in total. The van der Waals surface area contributed by atoms with Crippen molar-refractivity contribution >= 4 is 38.3 Å². The van der Waals surface area contributed by atoms with E-state index in [4.69, 9.17) is 9.57 Å². The number of hydrogen-bond acceptors (Lipinski definition) is 6. The largest absolute Gasteiger partial charge is 0.350 e. The Balaban J connectivity index is 2.12. The number of sulfone groups is 1. The van der Waals surface area contributed by atoms with Crippen LogP contribution in [0.2, 0.25) is 0 Å². The van der Waals surface area contributed by atoms with Crippen LogP contribution in [0.5, 0.6) is 0 Å². The summed E-state index contributed by atoms with van der Waals surface area (Å²) in [5.74, 6) is -1.46. The Morgan fingerprint density at radius 2 is 2.22 bits per heavy atom. The number of ether oxygens (including phenoxy) is 1. The summed E-state index contributed by atoms with van der Waals surface area (Å²) < 4.78 is 42.9. The highest BCUT2D eigenvalue weighted by Gasteiger charge is 2.44. The Bertz CT molecular complexity index is 853. The van der Waals surface area contributed by atoms with Gasteiger partial charge in [0.15, 0.2) is 26.7 Å². The van der Waals surface area contributed by atoms with Crippen LogP contribution < -0.4 is 11.0 Å². The molecule has 0 aliphatic carbocycles. The predicted octanol–water partition coefficient (Wildman–Crippen LogP) is 1.36. The van der Waals surface area contributed by atoms with E-state index in [0.29, 0.717) is 13.0 Å². The maximum Gasteiger partial charge on any atom is 0.264 e. The van der Waals surface area contributed by atoms with E-state index < -0.39 is 38.2 Å². The fraction of sp³-hybridized carbons (Fsp3) is 0.625. The van der Waals surface area contributed by atoms with Gasteiger partial charge in [-0.2, -0.15) is 0 Å². The average molecular weight is 516 g/mol. The summed E-state index contributed by atoms with van der Waals surface area (Å²) in [7, 11) is -3.86. The second-order valence-corrected chi connectivity index (χ2v) is 10.2. The molecular formula is C16H22FIN2O6S. The molecule has 1 saturated heterocycles. The van der Waals surface area contributed by atoms with Crippen LogP contribution in [-0.4, -0.2) is 42.8 Å². The first-order valence-electron chi connectivity index (χ1n) is 8.37. The summed E-state index contributed by atoms with van der Waals surface area (Å²) in [6.07, 6.45) is 3.44. The normalized spacial score (nSPS) is 20.1. The molecule has 1 aromatic rings. The Kier molecular flexibility index (Phi) is 7.39. The van der Waals surface area contributed by atoms with Gasteiger partial charge >= 0.3 is 0 Å². The molecule has 27 heavy (non-hydrogen) atoms. The van der Waals surface area contributed by atoms with Gasteiger partial charge in [0.2, 0.25) is 0 Å². The number of rotatable bonds is 7. The van der Waals surface area contributed by atoms with Crippen molar-refractivity contribution in [1.29, 1.82) is 0 Å². The minimum absolute atomic E-state index is 0.149. The summed E-state index contributed by atoms with van der Waals surface area (Å²) in [6, 6.07) is 1.11. The Morgan fingerprint density at radius 1 is 1.52 bits per heavy atom. The molecular weight excluding hydrogens is 494 g/mol. The third-order valence-electron chi connectivity index (χ3n) is 4.58. The van der Waals surface area contributed by atoms with Gasteiger partial charge in [0.05, 0.1) is 3.57 Å². The molecule has 0 saturated carbocycles. The number of pyridine rings is 1. The molecule has 2 heterocycles. The van der Waals surface area contributed by atoms with Crippen molar-refractivity contribution < 1.29 is 27.2 Å². The van der Waals surface area contributed by atoms with Crippen molar-refractivity contribution in [2.45, 2.75) is 50.2 Å². The lowest BCUT2D eigenvalue weighted by atomic mass is 10.1. The first-order valence-corrected chi connectivity index (χ1v) is 11.3. The van der Waals surface area contributed by atoms with Gasteiger partial charge in [0, 0.05) is 38.1 Å². The van der Waals surface area contributed by atoms with Crippen LogP contribution in [0.3, 0.4) is 0 Å². The van der Waals surface area contributed by atoms with Crippen LogP contribution in [0, 0.1) is 9.39 Å². The van der Waals surface area contributed by atoms with Gasteiger partial charge in [-0.25, -0.2) is 23.1 Å². The molecule has 0 bridgehead atoms. The number of hydroxylamine groups is 1. The maximum atomic E-state index is 13.7. The third-order valence-corrected chi connectivity index (χ3v) is 7.43. The van der Waals surface area contributed by atoms with E-state index in [1.165, 1.54) is 6.92 Å². The number of carbonyl (C=O) groups excluding carboxylic acids is 1. The highest BCUT2D eigenvalue weighted by atomic mass is 127. The van der Waals surface area contributed by atoms with E-state index in [2.05, 4.69) is 5.48 Å². The van der Waals surface area contributed by atoms with Gasteiger partial charge in [-0.1, -0.05) is 0 Å². The average Bonchev–Trinajstić information content (AvgIpc) is 2.61. The summed E-state index contributed by atoms with van der Waals surface area (Å²) >= 11 is 1.69. The number of amides is 1. The van der Waals surface area contributed by atoms with Gasteiger partial charge < -0.3 is 9.30 Å². The first kappa shape index (κ1) is 22.2. The summed E-state index contributed by atoms with van der Waals surface area (Å²) in [6.45, 7) is 1.60. The van der Waals surface area contributed by atoms with Crippen LogP contribution in [0.25, 0.3) is 0 Å². The molecule has 1 fully saturated rings. The minimum Gasteiger partial charge on any atom is -0.350 e. The number of nitrogens with one attached hydrogen (secondary N) is 1. The first-order chi connectivity index (χ1) is 12.5. The van der Waals surface area contributed by atoms with E-state index in [1.807, 2.05) is 0 Å². The van der Waals surface area contributed by atoms with E-state index in [1.54, 1.807) is 22.6 Å². The smallest absolute Gasteiger partial charge is 0.264 e. The Hall–Kier alpha value is -1.05. The van der Waals surface area contributed by atoms with Crippen LogP contribution >= 0.6 is 22.6 Å². The number of aromatic nitrogens is 1. The highest BCUT2D eigenvalue weighted by Crippen LogP contribution is 2.23. The second-order valence-electron chi connectivity index (χ2n) is 6.60. The van der Waals surface area contributed by atoms with Crippen LogP contribution in [0.4, 0.5) is 4.39 Å². The molecule has 1 amide bonds. The summed E-state index contributed by atoms with van der Waals surface area (Å²) in [5, 5.41) is 0. The van der Waals surface area contributed by atoms with Gasteiger partial charge in [-0.15, -0.1) is 0 Å². The molecule has 1 unspecified atom stereocenters. The molecule has 1 aromatic heterocycles. The number of carbonyl (C=O) groups is 1. The molecule has 152 valence electrons. The highest BCUT2D eigenvalue weighted by molar-refractivity contribution is 14.1. The topological polar surface area (TPSA) is 104 Å². The van der Waals surface area contributed by atoms with Crippen molar-refractivity contribution in [2.75, 3.05) is 12.9 Å². The van der Waals surface area contributed by atoms with Crippen molar-refractivity contribution in [1.82, 2.24) is 10.0 Å². The van der Waals surface area contributed by atoms with Gasteiger partial charge in [0.1, 0.15) is 0 Å². The van der Waals surface area contributed by atoms with E-state index in [9.17, 15) is 22.4 Å². The number of nitrogens with zero attached hydrogens (tertiary/aromatic N) is 1. The molecule has 1 N–H and O–H groups in total. The van der Waals surface area contributed by atoms with Gasteiger partial charge in [0.25, 0.3) is 11.5 Å². The van der Waals surface area contributed by atoms with E-state index >= 15 is 0 Å². The zero-order chi connectivity index (χ0) is 20.2. The lowest BCUT2D eigenvalue weighted by Gasteiger charge is -2.28. The van der Waals surface area contributed by atoms with Gasteiger partial charge in [-0.05, 0) is 48.8 Å². The fourth-order valence-electron chi connectivity index (χ4n) is 2.53. The maximum absolute atomic E-state index is 13.7.